The molecule has 0 aliphatic carbocycles. The third-order valence-corrected chi connectivity index (χ3v) is 3.33. The van der Waals surface area contributed by atoms with Crippen LogP contribution in [0.1, 0.15) is 32.0 Å². The molecule has 1 heterocycles. The number of rotatable bonds is 6. The summed E-state index contributed by atoms with van der Waals surface area (Å²) in [7, 11) is 1.69. The lowest BCUT2D eigenvalue weighted by atomic mass is 9.87. The molecule has 0 atom stereocenters. The summed E-state index contributed by atoms with van der Waals surface area (Å²) in [6, 6.07) is 8.45. The van der Waals surface area contributed by atoms with Crippen molar-refractivity contribution >= 4 is 0 Å². The number of hydrogen-bond donors (Lipinski definition) is 1. The average molecular weight is 288 g/mol. The van der Waals surface area contributed by atoms with Gasteiger partial charge in [0.25, 0.3) is 0 Å². The maximum Gasteiger partial charge on any atom is 0.0969 e. The van der Waals surface area contributed by atoms with Crippen LogP contribution in [0.3, 0.4) is 0 Å². The highest BCUT2D eigenvalue weighted by molar-refractivity contribution is 5.36. The molecule has 0 fully saturated rings. The van der Waals surface area contributed by atoms with Gasteiger partial charge in [-0.1, -0.05) is 38.1 Å². The van der Waals surface area contributed by atoms with Gasteiger partial charge < -0.3 is 10.1 Å². The van der Waals surface area contributed by atoms with Gasteiger partial charge in [0.15, 0.2) is 0 Å². The number of nitrogens with one attached hydrogen (secondary N) is 1. The molecular weight excluding hydrogens is 264 g/mol. The topological polar surface area (TPSA) is 52.0 Å². The van der Waals surface area contributed by atoms with Crippen molar-refractivity contribution in [3.63, 3.8) is 0 Å². The minimum Gasteiger partial charge on any atom is -0.383 e. The zero-order valence-electron chi connectivity index (χ0n) is 13.3. The molecule has 0 aliphatic heterocycles. The van der Waals surface area contributed by atoms with E-state index in [0.717, 1.165) is 17.9 Å². The fraction of sp³-hybridized carbons (Fsp3) is 0.500. The monoisotopic (exact) mass is 288 g/mol. The Morgan fingerprint density at radius 2 is 1.90 bits per heavy atom. The third kappa shape index (κ3) is 4.37. The van der Waals surface area contributed by atoms with Crippen molar-refractivity contribution in [3.8, 4) is 5.69 Å². The first kappa shape index (κ1) is 15.7. The highest BCUT2D eigenvalue weighted by Gasteiger charge is 2.13. The van der Waals surface area contributed by atoms with Crippen LogP contribution in [-0.4, -0.2) is 35.3 Å². The Labute approximate surface area is 126 Å². The molecule has 0 unspecified atom stereocenters. The second-order valence-corrected chi connectivity index (χ2v) is 6.12. The van der Waals surface area contributed by atoms with Crippen LogP contribution in [0.25, 0.3) is 5.69 Å². The number of benzene rings is 1. The highest BCUT2D eigenvalue weighted by Crippen LogP contribution is 2.22. The molecule has 114 valence electrons. The van der Waals surface area contributed by atoms with Crippen molar-refractivity contribution in [2.75, 3.05) is 20.3 Å². The smallest absolute Gasteiger partial charge is 0.0969 e. The third-order valence-electron chi connectivity index (χ3n) is 3.33. The lowest BCUT2D eigenvalue weighted by Gasteiger charge is -2.19. The first-order valence-electron chi connectivity index (χ1n) is 7.22. The second kappa shape index (κ2) is 6.83. The Bertz CT molecular complexity index is 554. The Morgan fingerprint density at radius 3 is 2.52 bits per heavy atom. The van der Waals surface area contributed by atoms with E-state index in [1.165, 1.54) is 5.56 Å². The van der Waals surface area contributed by atoms with Crippen LogP contribution in [0.4, 0.5) is 0 Å². The molecule has 5 nitrogen and oxygen atoms in total. The van der Waals surface area contributed by atoms with E-state index in [4.69, 9.17) is 4.74 Å². The maximum atomic E-state index is 4.99. The van der Waals surface area contributed by atoms with Crippen LogP contribution in [-0.2, 0) is 16.7 Å². The van der Waals surface area contributed by atoms with E-state index >= 15 is 0 Å². The van der Waals surface area contributed by atoms with Crippen LogP contribution in [0.2, 0.25) is 0 Å². The van der Waals surface area contributed by atoms with E-state index in [1.807, 2.05) is 6.20 Å². The minimum atomic E-state index is 0.164. The summed E-state index contributed by atoms with van der Waals surface area (Å²) < 4.78 is 6.79. The molecule has 0 saturated heterocycles. The van der Waals surface area contributed by atoms with E-state index in [1.54, 1.807) is 11.8 Å². The zero-order valence-corrected chi connectivity index (χ0v) is 13.3. The molecule has 1 aromatic heterocycles. The van der Waals surface area contributed by atoms with Crippen LogP contribution in [0.5, 0.6) is 0 Å². The summed E-state index contributed by atoms with van der Waals surface area (Å²) >= 11 is 0. The second-order valence-electron chi connectivity index (χ2n) is 6.12. The van der Waals surface area contributed by atoms with E-state index in [9.17, 15) is 0 Å². The number of nitrogens with zero attached hydrogens (tertiary/aromatic N) is 3. The average Bonchev–Trinajstić information content (AvgIpc) is 2.92. The van der Waals surface area contributed by atoms with Crippen LogP contribution in [0.15, 0.2) is 30.5 Å². The molecule has 2 aromatic rings. The molecule has 0 aliphatic rings. The fourth-order valence-corrected chi connectivity index (χ4v) is 2.01. The van der Waals surface area contributed by atoms with Crippen molar-refractivity contribution in [3.05, 3.63) is 41.7 Å². The quantitative estimate of drug-likeness (QED) is 0.829. The SMILES string of the molecule is COCCNCc1cn(-c2ccc(C(C)(C)C)cc2)nn1. The fourth-order valence-electron chi connectivity index (χ4n) is 2.01. The molecule has 0 saturated carbocycles. The maximum absolute atomic E-state index is 4.99. The zero-order chi connectivity index (χ0) is 15.3. The molecular formula is C16H24N4O. The first-order valence-corrected chi connectivity index (χ1v) is 7.22. The Morgan fingerprint density at radius 1 is 1.19 bits per heavy atom. The standard InChI is InChI=1S/C16H24N4O/c1-16(2,3)13-5-7-15(8-6-13)20-12-14(18-19-20)11-17-9-10-21-4/h5-8,12,17H,9-11H2,1-4H3. The lowest BCUT2D eigenvalue weighted by molar-refractivity contribution is 0.199. The van der Waals surface area contributed by atoms with Crippen molar-refractivity contribution in [2.45, 2.75) is 32.7 Å². The van der Waals surface area contributed by atoms with E-state index in [-0.39, 0.29) is 5.41 Å². The largest absolute Gasteiger partial charge is 0.383 e. The van der Waals surface area contributed by atoms with Gasteiger partial charge in [0.2, 0.25) is 0 Å². The van der Waals surface area contributed by atoms with E-state index in [2.05, 4.69) is 60.7 Å². The van der Waals surface area contributed by atoms with E-state index in [0.29, 0.717) is 13.2 Å². The molecule has 2 rings (SSSR count). The molecule has 5 heteroatoms. The summed E-state index contributed by atoms with van der Waals surface area (Å²) in [4.78, 5) is 0. The van der Waals surface area contributed by atoms with Gasteiger partial charge in [-0.3, -0.25) is 0 Å². The number of ether oxygens (including phenoxy) is 1. The molecule has 0 spiro atoms. The van der Waals surface area contributed by atoms with Gasteiger partial charge >= 0.3 is 0 Å². The number of aromatic nitrogens is 3. The normalized spacial score (nSPS) is 11.8. The van der Waals surface area contributed by atoms with Gasteiger partial charge in [0.1, 0.15) is 0 Å². The van der Waals surface area contributed by atoms with Crippen LogP contribution < -0.4 is 5.32 Å². The Kier molecular flexibility index (Phi) is 5.09. The molecule has 0 bridgehead atoms. The van der Waals surface area contributed by atoms with E-state index < -0.39 is 0 Å². The number of hydrogen-bond acceptors (Lipinski definition) is 4. The number of methoxy groups -OCH3 is 1. The predicted octanol–water partition coefficient (Wildman–Crippen LogP) is 2.30. The summed E-state index contributed by atoms with van der Waals surface area (Å²) in [5.41, 5.74) is 3.43. The minimum absolute atomic E-state index is 0.164. The van der Waals surface area contributed by atoms with Crippen LogP contribution >= 0.6 is 0 Å². The van der Waals surface area contributed by atoms with Gasteiger partial charge in [0.05, 0.1) is 24.2 Å². The van der Waals surface area contributed by atoms with Gasteiger partial charge in [-0.05, 0) is 23.1 Å². The molecule has 1 N–H and O–H groups in total. The first-order chi connectivity index (χ1) is 10.0. The highest BCUT2D eigenvalue weighted by atomic mass is 16.5. The van der Waals surface area contributed by atoms with Crippen LogP contribution in [0, 0.1) is 0 Å². The lowest BCUT2D eigenvalue weighted by Crippen LogP contribution is -2.18. The van der Waals surface area contributed by atoms with Crippen molar-refractivity contribution < 1.29 is 4.74 Å². The summed E-state index contributed by atoms with van der Waals surface area (Å²) in [5.74, 6) is 0. The van der Waals surface area contributed by atoms with Crippen molar-refractivity contribution in [1.82, 2.24) is 20.3 Å². The predicted molar refractivity (Wildman–Crippen MR) is 83.6 cm³/mol. The van der Waals surface area contributed by atoms with Gasteiger partial charge in [-0.25, -0.2) is 4.68 Å². The van der Waals surface area contributed by atoms with Gasteiger partial charge in [-0.15, -0.1) is 5.10 Å². The Hall–Kier alpha value is -1.72. The molecule has 1 aromatic carbocycles. The summed E-state index contributed by atoms with van der Waals surface area (Å²) in [5, 5.41) is 11.6. The van der Waals surface area contributed by atoms with Gasteiger partial charge in [0, 0.05) is 20.2 Å². The van der Waals surface area contributed by atoms with Crippen molar-refractivity contribution in [1.29, 1.82) is 0 Å². The summed E-state index contributed by atoms with van der Waals surface area (Å²) in [6.07, 6.45) is 1.95. The Balaban J connectivity index is 2.00. The molecule has 21 heavy (non-hydrogen) atoms. The molecule has 0 amide bonds. The van der Waals surface area contributed by atoms with Crippen molar-refractivity contribution in [2.24, 2.45) is 0 Å². The molecule has 0 radical (unpaired) electrons. The summed E-state index contributed by atoms with van der Waals surface area (Å²) in [6.45, 7) is 8.83. The van der Waals surface area contributed by atoms with Gasteiger partial charge in [-0.2, -0.15) is 0 Å².